The molecular formula is C23H30ClN7O4S. The normalized spacial score (nSPS) is 17.9. The quantitative estimate of drug-likeness (QED) is 0.493. The van der Waals surface area contributed by atoms with E-state index < -0.39 is 10.0 Å². The summed E-state index contributed by atoms with van der Waals surface area (Å²) in [6.45, 7) is 5.59. The summed E-state index contributed by atoms with van der Waals surface area (Å²) < 4.78 is 34.6. The number of anilines is 1. The topological polar surface area (TPSA) is 106 Å². The predicted molar refractivity (Wildman–Crippen MR) is 137 cm³/mol. The number of nitrogens with zero attached hydrogens (tertiary/aromatic N) is 7. The van der Waals surface area contributed by atoms with Crippen LogP contribution in [0.25, 0.3) is 11.0 Å². The van der Waals surface area contributed by atoms with Gasteiger partial charge in [0.05, 0.1) is 54.7 Å². The average molecular weight is 536 g/mol. The standard InChI is InChI=1S/C23H30ClN7O4S/c1-16(13-29-14-18(24)12-25-29)31-20-5-4-17-6-7-28(23(32)35-2)15-19(17)21(20)26-22(31)27-8-10-30(11-9-27)36(3,33)34/h4-5,12,14,16H,6-11,13,15H2,1-3H3/t16-/m1/s1. The van der Waals surface area contributed by atoms with Gasteiger partial charge in [0, 0.05) is 44.5 Å². The summed E-state index contributed by atoms with van der Waals surface area (Å²) in [6.07, 6.45) is 5.03. The molecule has 0 unspecified atom stereocenters. The monoisotopic (exact) mass is 535 g/mol. The van der Waals surface area contributed by atoms with Crippen LogP contribution in [-0.4, -0.2) is 89.1 Å². The Morgan fingerprint density at radius 1 is 1.19 bits per heavy atom. The Morgan fingerprint density at radius 3 is 2.58 bits per heavy atom. The molecule has 0 spiro atoms. The molecule has 194 valence electrons. The van der Waals surface area contributed by atoms with Gasteiger partial charge in [0.25, 0.3) is 0 Å². The van der Waals surface area contributed by atoms with E-state index in [-0.39, 0.29) is 12.1 Å². The highest BCUT2D eigenvalue weighted by Gasteiger charge is 2.30. The van der Waals surface area contributed by atoms with E-state index in [0.717, 1.165) is 29.0 Å². The first-order valence-electron chi connectivity index (χ1n) is 11.9. The number of hydrogen-bond acceptors (Lipinski definition) is 7. The van der Waals surface area contributed by atoms with Crippen LogP contribution in [0, 0.1) is 0 Å². The number of piperazine rings is 1. The highest BCUT2D eigenvalue weighted by molar-refractivity contribution is 7.88. The van der Waals surface area contributed by atoms with Crippen LogP contribution in [0.1, 0.15) is 24.1 Å². The van der Waals surface area contributed by atoms with Gasteiger partial charge in [-0.3, -0.25) is 4.68 Å². The molecule has 2 aliphatic rings. The molecule has 2 aliphatic heterocycles. The fourth-order valence-corrected chi connectivity index (χ4v) is 6.12. The summed E-state index contributed by atoms with van der Waals surface area (Å²) in [4.78, 5) is 21.2. The minimum absolute atomic E-state index is 0.0211. The van der Waals surface area contributed by atoms with Crippen molar-refractivity contribution in [2.45, 2.75) is 32.5 Å². The third-order valence-corrected chi connectivity index (χ3v) is 8.46. The molecule has 1 saturated heterocycles. The molecule has 11 nitrogen and oxygen atoms in total. The maximum atomic E-state index is 12.3. The highest BCUT2D eigenvalue weighted by atomic mass is 35.5. The lowest BCUT2D eigenvalue weighted by Gasteiger charge is -2.34. The third kappa shape index (κ3) is 4.64. The van der Waals surface area contributed by atoms with Crippen LogP contribution >= 0.6 is 11.6 Å². The Kier molecular flexibility index (Phi) is 6.60. The Balaban J connectivity index is 1.56. The van der Waals surface area contributed by atoms with Gasteiger partial charge in [-0.05, 0) is 25.0 Å². The Bertz CT molecular complexity index is 1390. The van der Waals surface area contributed by atoms with Gasteiger partial charge in [0.2, 0.25) is 16.0 Å². The lowest BCUT2D eigenvalue weighted by Crippen LogP contribution is -2.49. The number of fused-ring (bicyclic) bond motifs is 3. The van der Waals surface area contributed by atoms with Crippen LogP contribution in [0.5, 0.6) is 0 Å². The molecule has 0 aliphatic carbocycles. The zero-order valence-electron chi connectivity index (χ0n) is 20.6. The van der Waals surface area contributed by atoms with Gasteiger partial charge in [-0.15, -0.1) is 0 Å². The van der Waals surface area contributed by atoms with Crippen molar-refractivity contribution in [3.8, 4) is 0 Å². The van der Waals surface area contributed by atoms with Gasteiger partial charge >= 0.3 is 6.09 Å². The molecule has 0 saturated carbocycles. The van der Waals surface area contributed by atoms with Crippen LogP contribution in [-0.2, 0) is 34.3 Å². The first-order chi connectivity index (χ1) is 17.2. The average Bonchev–Trinajstić information content (AvgIpc) is 3.46. The summed E-state index contributed by atoms with van der Waals surface area (Å²) in [6, 6.07) is 4.19. The smallest absolute Gasteiger partial charge is 0.409 e. The van der Waals surface area contributed by atoms with Crippen molar-refractivity contribution >= 4 is 44.7 Å². The molecule has 5 rings (SSSR count). The number of methoxy groups -OCH3 is 1. The minimum atomic E-state index is -3.24. The van der Waals surface area contributed by atoms with E-state index >= 15 is 0 Å². The Morgan fingerprint density at radius 2 is 1.94 bits per heavy atom. The zero-order valence-corrected chi connectivity index (χ0v) is 22.2. The SMILES string of the molecule is COC(=O)N1CCc2ccc3c(nc(N4CCN(S(C)(=O)=O)CC4)n3[C@H](C)Cn3cc(Cl)cn3)c2C1. The molecule has 13 heteroatoms. The highest BCUT2D eigenvalue weighted by Crippen LogP contribution is 2.34. The molecule has 0 bridgehead atoms. The largest absolute Gasteiger partial charge is 0.453 e. The zero-order chi connectivity index (χ0) is 25.6. The fraction of sp³-hybridized carbons (Fsp3) is 0.522. The molecule has 0 N–H and O–H groups in total. The van der Waals surface area contributed by atoms with Gasteiger partial charge in [-0.1, -0.05) is 17.7 Å². The number of imidazole rings is 1. The van der Waals surface area contributed by atoms with Crippen molar-refractivity contribution in [1.29, 1.82) is 0 Å². The summed E-state index contributed by atoms with van der Waals surface area (Å²) in [5.74, 6) is 0.785. The van der Waals surface area contributed by atoms with Crippen LogP contribution < -0.4 is 4.90 Å². The van der Waals surface area contributed by atoms with E-state index in [0.29, 0.717) is 50.8 Å². The van der Waals surface area contributed by atoms with Crippen LogP contribution in [0.2, 0.25) is 5.02 Å². The lowest BCUT2D eigenvalue weighted by atomic mass is 9.98. The molecule has 1 amide bonds. The lowest BCUT2D eigenvalue weighted by molar-refractivity contribution is 0.119. The van der Waals surface area contributed by atoms with Gasteiger partial charge < -0.3 is 19.1 Å². The van der Waals surface area contributed by atoms with E-state index in [4.69, 9.17) is 21.3 Å². The van der Waals surface area contributed by atoms with Gasteiger partial charge in [0.1, 0.15) is 0 Å². The van der Waals surface area contributed by atoms with E-state index in [9.17, 15) is 13.2 Å². The molecule has 1 aromatic carbocycles. The molecule has 2 aromatic heterocycles. The molecule has 1 fully saturated rings. The molecule has 3 aromatic rings. The van der Waals surface area contributed by atoms with Crippen molar-refractivity contribution in [3.63, 3.8) is 0 Å². The second kappa shape index (κ2) is 9.56. The summed E-state index contributed by atoms with van der Waals surface area (Å²) >= 11 is 6.09. The van der Waals surface area contributed by atoms with E-state index in [1.54, 1.807) is 17.3 Å². The number of benzene rings is 1. The maximum absolute atomic E-state index is 12.3. The molecule has 4 heterocycles. The number of carbonyl (C=O) groups is 1. The molecule has 36 heavy (non-hydrogen) atoms. The van der Waals surface area contributed by atoms with E-state index in [2.05, 4.69) is 33.6 Å². The van der Waals surface area contributed by atoms with E-state index in [1.165, 1.54) is 23.2 Å². The van der Waals surface area contributed by atoms with Crippen molar-refractivity contribution in [2.75, 3.05) is 51.0 Å². The summed E-state index contributed by atoms with van der Waals surface area (Å²) in [5.41, 5.74) is 4.01. The number of sulfonamides is 1. The third-order valence-electron chi connectivity index (χ3n) is 6.96. The number of carbonyl (C=O) groups excluding carboxylic acids is 1. The molecule has 1 atom stereocenters. The van der Waals surface area contributed by atoms with Crippen molar-refractivity contribution in [2.24, 2.45) is 0 Å². The summed E-state index contributed by atoms with van der Waals surface area (Å²) in [5, 5.41) is 4.92. The van der Waals surface area contributed by atoms with Crippen molar-refractivity contribution < 1.29 is 17.9 Å². The second-order valence-electron chi connectivity index (χ2n) is 9.37. The Labute approximate surface area is 215 Å². The number of aromatic nitrogens is 4. The van der Waals surface area contributed by atoms with Crippen molar-refractivity contribution in [1.82, 2.24) is 28.5 Å². The van der Waals surface area contributed by atoms with Gasteiger partial charge in [-0.2, -0.15) is 9.40 Å². The van der Waals surface area contributed by atoms with Gasteiger partial charge in [0.15, 0.2) is 0 Å². The minimum Gasteiger partial charge on any atom is -0.453 e. The number of rotatable bonds is 5. The number of ether oxygens (including phenoxy) is 1. The number of amides is 1. The van der Waals surface area contributed by atoms with Crippen molar-refractivity contribution in [3.05, 3.63) is 40.7 Å². The first-order valence-corrected chi connectivity index (χ1v) is 14.1. The summed E-state index contributed by atoms with van der Waals surface area (Å²) in [7, 11) is -1.85. The first kappa shape index (κ1) is 24.8. The number of halogens is 1. The fourth-order valence-electron chi connectivity index (χ4n) is 5.14. The van der Waals surface area contributed by atoms with Crippen LogP contribution in [0.4, 0.5) is 10.7 Å². The van der Waals surface area contributed by atoms with E-state index in [1.807, 2.05) is 4.68 Å². The second-order valence-corrected chi connectivity index (χ2v) is 11.8. The maximum Gasteiger partial charge on any atom is 0.409 e. The Hall–Kier alpha value is -2.83. The number of hydrogen-bond donors (Lipinski definition) is 0. The van der Waals surface area contributed by atoms with Crippen LogP contribution in [0.3, 0.4) is 0 Å². The van der Waals surface area contributed by atoms with Gasteiger partial charge in [-0.25, -0.2) is 18.2 Å². The molecular weight excluding hydrogens is 506 g/mol. The van der Waals surface area contributed by atoms with Crippen LogP contribution in [0.15, 0.2) is 24.5 Å². The molecule has 0 radical (unpaired) electrons. The predicted octanol–water partition coefficient (Wildman–Crippen LogP) is 2.35.